The number of nitrogens with zero attached hydrogens (tertiary/aromatic N) is 2. The fraction of sp³-hybridized carbons (Fsp3) is 0.696. The Bertz CT molecular complexity index is 545. The Balaban J connectivity index is 1.63. The molecule has 1 aliphatic rings. The predicted octanol–water partition coefficient (Wildman–Crippen LogP) is 3.56. The third-order valence-electron chi connectivity index (χ3n) is 5.44. The second-order valence-corrected chi connectivity index (χ2v) is 8.83. The lowest BCUT2D eigenvalue weighted by Gasteiger charge is -2.32. The van der Waals surface area contributed by atoms with Gasteiger partial charge in [0.25, 0.3) is 0 Å². The maximum atomic E-state index is 11.9. The van der Waals surface area contributed by atoms with Gasteiger partial charge in [-0.1, -0.05) is 38.1 Å². The van der Waals surface area contributed by atoms with Gasteiger partial charge in [-0.25, -0.2) is 0 Å². The molecule has 0 bridgehead atoms. The van der Waals surface area contributed by atoms with Gasteiger partial charge in [-0.2, -0.15) is 0 Å². The number of benzene rings is 1. The number of carbonyl (C=O) groups is 1. The van der Waals surface area contributed by atoms with Crippen LogP contribution in [0.15, 0.2) is 24.3 Å². The zero-order valence-corrected chi connectivity index (χ0v) is 17.8. The topological polar surface area (TPSA) is 35.6 Å². The van der Waals surface area contributed by atoms with E-state index in [2.05, 4.69) is 53.2 Å². The Hall–Kier alpha value is -1.39. The highest BCUT2D eigenvalue weighted by atomic mass is 16.1. The molecule has 1 aromatic rings. The third-order valence-corrected chi connectivity index (χ3v) is 5.44. The van der Waals surface area contributed by atoms with Crippen molar-refractivity contribution in [3.63, 3.8) is 0 Å². The highest BCUT2D eigenvalue weighted by Crippen LogP contribution is 2.23. The molecular weight excluding hydrogens is 334 g/mol. The fourth-order valence-corrected chi connectivity index (χ4v) is 3.79. The van der Waals surface area contributed by atoms with Crippen LogP contribution < -0.4 is 5.32 Å². The minimum Gasteiger partial charge on any atom is -0.355 e. The van der Waals surface area contributed by atoms with Crippen molar-refractivity contribution in [3.8, 4) is 0 Å². The summed E-state index contributed by atoms with van der Waals surface area (Å²) in [6, 6.07) is 9.16. The molecular formula is C23H39N3O. The molecule has 1 N–H and O–H groups in total. The van der Waals surface area contributed by atoms with E-state index in [9.17, 15) is 4.79 Å². The van der Waals surface area contributed by atoms with Gasteiger partial charge in [-0.3, -0.25) is 9.69 Å². The van der Waals surface area contributed by atoms with E-state index in [1.807, 2.05) is 14.1 Å². The predicted molar refractivity (Wildman–Crippen MR) is 114 cm³/mol. The van der Waals surface area contributed by atoms with Crippen LogP contribution in [0.5, 0.6) is 0 Å². The van der Waals surface area contributed by atoms with Crippen LogP contribution in [0, 0.1) is 11.8 Å². The number of hydrogen-bond donors (Lipinski definition) is 1. The lowest BCUT2D eigenvalue weighted by molar-refractivity contribution is -0.121. The first-order valence-corrected chi connectivity index (χ1v) is 10.6. The summed E-state index contributed by atoms with van der Waals surface area (Å²) in [7, 11) is 4.06. The molecule has 4 heteroatoms. The number of amides is 1. The monoisotopic (exact) mass is 373 g/mol. The van der Waals surface area contributed by atoms with Crippen molar-refractivity contribution in [1.82, 2.24) is 15.1 Å². The Morgan fingerprint density at radius 1 is 1.15 bits per heavy atom. The van der Waals surface area contributed by atoms with Gasteiger partial charge in [0, 0.05) is 26.1 Å². The molecule has 0 unspecified atom stereocenters. The molecule has 0 saturated carbocycles. The van der Waals surface area contributed by atoms with Crippen molar-refractivity contribution in [3.05, 3.63) is 35.4 Å². The van der Waals surface area contributed by atoms with E-state index in [1.54, 1.807) is 0 Å². The second-order valence-electron chi connectivity index (χ2n) is 8.83. The van der Waals surface area contributed by atoms with Gasteiger partial charge in [0.1, 0.15) is 0 Å². The first kappa shape index (κ1) is 21.9. The SMILES string of the molecule is CC(C)Cc1ccc(CN2CCC(CCC(=O)NCCN(C)C)CC2)cc1. The number of carbonyl (C=O) groups excluding carboxylic acids is 1. The fourth-order valence-electron chi connectivity index (χ4n) is 3.79. The lowest BCUT2D eigenvalue weighted by Crippen LogP contribution is -2.34. The van der Waals surface area contributed by atoms with E-state index in [-0.39, 0.29) is 5.91 Å². The lowest BCUT2D eigenvalue weighted by atomic mass is 9.91. The third kappa shape index (κ3) is 8.89. The van der Waals surface area contributed by atoms with Gasteiger partial charge in [0.2, 0.25) is 5.91 Å². The summed E-state index contributed by atoms with van der Waals surface area (Å²) >= 11 is 0. The van der Waals surface area contributed by atoms with Crippen LogP contribution in [0.3, 0.4) is 0 Å². The van der Waals surface area contributed by atoms with Gasteiger partial charge in [-0.05, 0) is 75.8 Å². The molecule has 2 rings (SSSR count). The number of likely N-dealkylation sites (N-methyl/N-ethyl adjacent to an activating group) is 1. The average molecular weight is 374 g/mol. The van der Waals surface area contributed by atoms with E-state index < -0.39 is 0 Å². The summed E-state index contributed by atoms with van der Waals surface area (Å²) in [6.45, 7) is 9.56. The highest BCUT2D eigenvalue weighted by molar-refractivity contribution is 5.75. The summed E-state index contributed by atoms with van der Waals surface area (Å²) in [5, 5.41) is 3.02. The molecule has 0 radical (unpaired) electrons. The van der Waals surface area contributed by atoms with Crippen molar-refractivity contribution in [2.45, 2.75) is 52.5 Å². The van der Waals surface area contributed by atoms with Gasteiger partial charge in [0.15, 0.2) is 0 Å². The van der Waals surface area contributed by atoms with E-state index in [0.717, 1.165) is 45.6 Å². The summed E-state index contributed by atoms with van der Waals surface area (Å²) in [5.41, 5.74) is 2.86. The van der Waals surface area contributed by atoms with Crippen LogP contribution >= 0.6 is 0 Å². The highest BCUT2D eigenvalue weighted by Gasteiger charge is 2.20. The minimum atomic E-state index is 0.209. The summed E-state index contributed by atoms with van der Waals surface area (Å²) in [4.78, 5) is 16.6. The second kappa shape index (κ2) is 11.5. The van der Waals surface area contributed by atoms with E-state index in [4.69, 9.17) is 0 Å². The van der Waals surface area contributed by atoms with Gasteiger partial charge >= 0.3 is 0 Å². The Morgan fingerprint density at radius 3 is 2.37 bits per heavy atom. The molecule has 1 heterocycles. The van der Waals surface area contributed by atoms with E-state index in [1.165, 1.54) is 24.0 Å². The zero-order valence-electron chi connectivity index (χ0n) is 17.8. The van der Waals surface area contributed by atoms with Gasteiger partial charge < -0.3 is 10.2 Å². The molecule has 1 fully saturated rings. The van der Waals surface area contributed by atoms with Crippen LogP contribution in [-0.2, 0) is 17.8 Å². The van der Waals surface area contributed by atoms with Crippen LogP contribution in [0.2, 0.25) is 0 Å². The number of piperidine rings is 1. The van der Waals surface area contributed by atoms with Crippen molar-refractivity contribution < 1.29 is 4.79 Å². The number of rotatable bonds is 10. The standard InChI is InChI=1S/C23H39N3O/c1-19(2)17-21-5-7-22(8-6-21)18-26-14-11-20(12-15-26)9-10-23(27)24-13-16-25(3)4/h5-8,19-20H,9-18H2,1-4H3,(H,24,27). The Labute approximate surface area is 166 Å². The van der Waals surface area contributed by atoms with Crippen molar-refractivity contribution in [1.29, 1.82) is 0 Å². The number of likely N-dealkylation sites (tertiary alicyclic amines) is 1. The quantitative estimate of drug-likeness (QED) is 0.681. The average Bonchev–Trinajstić information content (AvgIpc) is 2.62. The summed E-state index contributed by atoms with van der Waals surface area (Å²) in [6.07, 6.45) is 5.31. The maximum absolute atomic E-state index is 11.9. The van der Waals surface area contributed by atoms with Gasteiger partial charge in [0.05, 0.1) is 0 Å². The smallest absolute Gasteiger partial charge is 0.220 e. The summed E-state index contributed by atoms with van der Waals surface area (Å²) < 4.78 is 0. The Morgan fingerprint density at radius 2 is 1.78 bits per heavy atom. The molecule has 0 atom stereocenters. The molecule has 1 amide bonds. The van der Waals surface area contributed by atoms with E-state index in [0.29, 0.717) is 18.3 Å². The van der Waals surface area contributed by atoms with Crippen LogP contribution in [0.25, 0.3) is 0 Å². The maximum Gasteiger partial charge on any atom is 0.220 e. The molecule has 27 heavy (non-hydrogen) atoms. The van der Waals surface area contributed by atoms with Gasteiger partial charge in [-0.15, -0.1) is 0 Å². The van der Waals surface area contributed by atoms with Crippen LogP contribution in [0.1, 0.15) is 50.7 Å². The number of hydrogen-bond acceptors (Lipinski definition) is 3. The summed E-state index contributed by atoms with van der Waals surface area (Å²) in [5.74, 6) is 1.62. The number of nitrogens with one attached hydrogen (secondary N) is 1. The molecule has 152 valence electrons. The Kier molecular flexibility index (Phi) is 9.29. The van der Waals surface area contributed by atoms with Crippen LogP contribution in [0.4, 0.5) is 0 Å². The molecule has 0 aromatic heterocycles. The van der Waals surface area contributed by atoms with Crippen molar-refractivity contribution in [2.75, 3.05) is 40.3 Å². The zero-order chi connectivity index (χ0) is 19.6. The molecule has 0 aliphatic carbocycles. The van der Waals surface area contributed by atoms with Crippen molar-refractivity contribution in [2.24, 2.45) is 11.8 Å². The largest absolute Gasteiger partial charge is 0.355 e. The first-order chi connectivity index (χ1) is 12.9. The molecule has 1 aliphatic heterocycles. The minimum absolute atomic E-state index is 0.209. The molecule has 1 saturated heterocycles. The normalized spacial score (nSPS) is 16.2. The first-order valence-electron chi connectivity index (χ1n) is 10.6. The molecule has 0 spiro atoms. The van der Waals surface area contributed by atoms with Crippen LogP contribution in [-0.4, -0.2) is 56.0 Å². The van der Waals surface area contributed by atoms with E-state index >= 15 is 0 Å². The van der Waals surface area contributed by atoms with Crippen molar-refractivity contribution >= 4 is 5.91 Å². The molecule has 1 aromatic carbocycles. The molecule has 4 nitrogen and oxygen atoms in total.